The molecule has 0 saturated heterocycles. The number of carbonyl (C=O) groups excluding carboxylic acids is 1. The molecule has 6 nitrogen and oxygen atoms in total. The first-order chi connectivity index (χ1) is 17.4. The van der Waals surface area contributed by atoms with Gasteiger partial charge in [-0.3, -0.25) is 9.48 Å². The maximum atomic E-state index is 12.7. The summed E-state index contributed by atoms with van der Waals surface area (Å²) in [6.45, 7) is 6.96. The van der Waals surface area contributed by atoms with Gasteiger partial charge in [-0.05, 0) is 62.2 Å². The molecule has 6 heteroatoms. The Balaban J connectivity index is 1.43. The number of hydrogen-bond donors (Lipinski definition) is 1. The van der Waals surface area contributed by atoms with E-state index in [0.717, 1.165) is 39.7 Å². The van der Waals surface area contributed by atoms with Crippen molar-refractivity contribution in [2.45, 2.75) is 33.9 Å². The molecule has 0 atom stereocenters. The second-order valence-corrected chi connectivity index (χ2v) is 8.69. The van der Waals surface area contributed by atoms with Crippen LogP contribution in [0.4, 0.5) is 5.69 Å². The van der Waals surface area contributed by atoms with E-state index in [2.05, 4.69) is 35.5 Å². The van der Waals surface area contributed by atoms with Gasteiger partial charge in [0.05, 0.1) is 30.7 Å². The molecule has 0 aliphatic heterocycles. The van der Waals surface area contributed by atoms with Crippen molar-refractivity contribution < 1.29 is 14.3 Å². The molecule has 4 rings (SSSR count). The van der Waals surface area contributed by atoms with Crippen LogP contribution >= 0.6 is 0 Å². The first-order valence-electron chi connectivity index (χ1n) is 11.9. The minimum Gasteiger partial charge on any atom is -0.496 e. The summed E-state index contributed by atoms with van der Waals surface area (Å²) in [6, 6.07) is 23.7. The summed E-state index contributed by atoms with van der Waals surface area (Å²) >= 11 is 0. The molecule has 3 aromatic carbocycles. The number of aryl methyl sites for hydroxylation is 2. The van der Waals surface area contributed by atoms with Crippen LogP contribution < -0.4 is 14.8 Å². The van der Waals surface area contributed by atoms with Crippen molar-refractivity contribution in [2.75, 3.05) is 12.4 Å². The average Bonchev–Trinajstić information content (AvgIpc) is 3.14. The zero-order valence-corrected chi connectivity index (χ0v) is 21.1. The van der Waals surface area contributed by atoms with Crippen LogP contribution in [0.3, 0.4) is 0 Å². The second kappa shape index (κ2) is 11.4. The van der Waals surface area contributed by atoms with Gasteiger partial charge in [0.25, 0.3) is 0 Å². The lowest BCUT2D eigenvalue weighted by Crippen LogP contribution is -2.10. The molecule has 0 unspecified atom stereocenters. The molecular weight excluding hydrogens is 450 g/mol. The summed E-state index contributed by atoms with van der Waals surface area (Å²) in [4.78, 5) is 12.7. The maximum absolute atomic E-state index is 12.7. The van der Waals surface area contributed by atoms with Gasteiger partial charge in [-0.2, -0.15) is 5.10 Å². The van der Waals surface area contributed by atoms with Gasteiger partial charge < -0.3 is 14.8 Å². The van der Waals surface area contributed by atoms with Crippen molar-refractivity contribution in [1.82, 2.24) is 9.78 Å². The van der Waals surface area contributed by atoms with E-state index in [1.54, 1.807) is 13.2 Å². The van der Waals surface area contributed by atoms with Crippen molar-refractivity contribution in [3.8, 4) is 11.5 Å². The molecule has 1 heterocycles. The minimum absolute atomic E-state index is 0.214. The number of rotatable bonds is 9. The molecular formula is C30H31N3O3. The number of nitrogens with one attached hydrogen (secondary N) is 1. The summed E-state index contributed by atoms with van der Waals surface area (Å²) in [5.74, 6) is 1.31. The van der Waals surface area contributed by atoms with E-state index in [-0.39, 0.29) is 5.91 Å². The third kappa shape index (κ3) is 6.21. The molecule has 0 bridgehead atoms. The van der Waals surface area contributed by atoms with Gasteiger partial charge in [0, 0.05) is 11.6 Å². The van der Waals surface area contributed by atoms with Gasteiger partial charge in [-0.25, -0.2) is 0 Å². The number of anilines is 1. The van der Waals surface area contributed by atoms with Crippen LogP contribution in [0.15, 0.2) is 78.9 Å². The molecule has 0 aliphatic rings. The van der Waals surface area contributed by atoms with Gasteiger partial charge in [0.2, 0.25) is 5.91 Å². The van der Waals surface area contributed by atoms with E-state index in [1.807, 2.05) is 73.1 Å². The van der Waals surface area contributed by atoms with E-state index in [9.17, 15) is 4.79 Å². The topological polar surface area (TPSA) is 65.4 Å². The Bertz CT molecular complexity index is 1370. The lowest BCUT2D eigenvalue weighted by atomic mass is 10.1. The van der Waals surface area contributed by atoms with E-state index in [4.69, 9.17) is 9.47 Å². The second-order valence-electron chi connectivity index (χ2n) is 8.69. The van der Waals surface area contributed by atoms with Crippen LogP contribution in [0.1, 0.15) is 33.6 Å². The number of carbonyl (C=O) groups is 1. The first-order valence-corrected chi connectivity index (χ1v) is 11.9. The largest absolute Gasteiger partial charge is 0.496 e. The Kier molecular flexibility index (Phi) is 7.85. The van der Waals surface area contributed by atoms with Crippen LogP contribution in [0.2, 0.25) is 0 Å². The molecule has 1 N–H and O–H groups in total. The predicted octanol–water partition coefficient (Wildman–Crippen LogP) is 6.10. The fraction of sp³-hybridized carbons (Fsp3) is 0.200. The van der Waals surface area contributed by atoms with Crippen molar-refractivity contribution in [3.05, 3.63) is 113 Å². The smallest absolute Gasteiger partial charge is 0.248 e. The number of para-hydroxylation sites is 1. The Morgan fingerprint density at radius 1 is 1.00 bits per heavy atom. The monoisotopic (exact) mass is 481 g/mol. The van der Waals surface area contributed by atoms with Crippen LogP contribution in [0.5, 0.6) is 11.5 Å². The molecule has 1 aromatic heterocycles. The van der Waals surface area contributed by atoms with Gasteiger partial charge in [0.1, 0.15) is 18.1 Å². The summed E-state index contributed by atoms with van der Waals surface area (Å²) in [5.41, 5.74) is 6.59. The molecule has 0 saturated carbocycles. The number of amides is 1. The average molecular weight is 482 g/mol. The zero-order chi connectivity index (χ0) is 25.5. The summed E-state index contributed by atoms with van der Waals surface area (Å²) in [5, 5.41) is 7.62. The highest BCUT2D eigenvalue weighted by atomic mass is 16.5. The van der Waals surface area contributed by atoms with Crippen LogP contribution in [-0.4, -0.2) is 22.8 Å². The number of benzene rings is 3. The van der Waals surface area contributed by atoms with E-state index < -0.39 is 0 Å². The standard InChI is InChI=1S/C30H31N3O3/c1-21-9-8-10-25(17-21)19-33-23(3)30(22(2)32-33)31-29(34)16-14-24-13-15-28(35-4)26(18-24)20-36-27-11-6-5-7-12-27/h5-18H,19-20H2,1-4H3,(H,31,34)/b16-14+. The van der Waals surface area contributed by atoms with Gasteiger partial charge in [0.15, 0.2) is 0 Å². The number of methoxy groups -OCH3 is 1. The molecule has 4 aromatic rings. The number of ether oxygens (including phenoxy) is 2. The number of hydrogen-bond acceptors (Lipinski definition) is 4. The molecule has 0 aliphatic carbocycles. The number of nitrogens with zero attached hydrogens (tertiary/aromatic N) is 2. The van der Waals surface area contributed by atoms with E-state index in [0.29, 0.717) is 13.2 Å². The molecule has 0 fully saturated rings. The van der Waals surface area contributed by atoms with Gasteiger partial charge >= 0.3 is 0 Å². The van der Waals surface area contributed by atoms with Crippen molar-refractivity contribution in [3.63, 3.8) is 0 Å². The lowest BCUT2D eigenvalue weighted by Gasteiger charge is -2.11. The highest BCUT2D eigenvalue weighted by Gasteiger charge is 2.14. The Morgan fingerprint density at radius 2 is 1.81 bits per heavy atom. The summed E-state index contributed by atoms with van der Waals surface area (Å²) in [6.07, 6.45) is 3.31. The highest BCUT2D eigenvalue weighted by Crippen LogP contribution is 2.24. The van der Waals surface area contributed by atoms with E-state index >= 15 is 0 Å². The van der Waals surface area contributed by atoms with Gasteiger partial charge in [-0.15, -0.1) is 0 Å². The Hall–Kier alpha value is -4.32. The quantitative estimate of drug-likeness (QED) is 0.294. The van der Waals surface area contributed by atoms with E-state index in [1.165, 1.54) is 17.2 Å². The molecule has 0 spiro atoms. The van der Waals surface area contributed by atoms with Crippen molar-refractivity contribution in [2.24, 2.45) is 0 Å². The summed E-state index contributed by atoms with van der Waals surface area (Å²) in [7, 11) is 1.63. The Morgan fingerprint density at radius 3 is 2.56 bits per heavy atom. The lowest BCUT2D eigenvalue weighted by molar-refractivity contribution is -0.111. The fourth-order valence-corrected chi connectivity index (χ4v) is 4.04. The highest BCUT2D eigenvalue weighted by molar-refractivity contribution is 6.02. The van der Waals surface area contributed by atoms with Crippen molar-refractivity contribution in [1.29, 1.82) is 0 Å². The third-order valence-corrected chi connectivity index (χ3v) is 5.91. The fourth-order valence-electron chi connectivity index (χ4n) is 4.04. The first kappa shape index (κ1) is 24.8. The molecule has 36 heavy (non-hydrogen) atoms. The van der Waals surface area contributed by atoms with Crippen LogP contribution in [0, 0.1) is 20.8 Å². The molecule has 1 amide bonds. The normalized spacial score (nSPS) is 11.0. The van der Waals surface area contributed by atoms with Gasteiger partial charge in [-0.1, -0.05) is 54.1 Å². The third-order valence-electron chi connectivity index (χ3n) is 5.91. The number of aromatic nitrogens is 2. The molecule has 184 valence electrons. The minimum atomic E-state index is -0.214. The van der Waals surface area contributed by atoms with Crippen LogP contribution in [0.25, 0.3) is 6.08 Å². The predicted molar refractivity (Wildman–Crippen MR) is 143 cm³/mol. The molecule has 0 radical (unpaired) electrons. The van der Waals surface area contributed by atoms with Crippen molar-refractivity contribution >= 4 is 17.7 Å². The zero-order valence-electron chi connectivity index (χ0n) is 21.1. The maximum Gasteiger partial charge on any atom is 0.248 e. The summed E-state index contributed by atoms with van der Waals surface area (Å²) < 4.78 is 13.3. The SMILES string of the molecule is COc1ccc(/C=C/C(=O)Nc2c(C)nn(Cc3cccc(C)c3)c2C)cc1COc1ccccc1. The Labute approximate surface area is 212 Å². The van der Waals surface area contributed by atoms with Crippen LogP contribution in [-0.2, 0) is 17.9 Å².